The van der Waals surface area contributed by atoms with E-state index in [4.69, 9.17) is 0 Å². The Kier molecular flexibility index (Phi) is 3.70. The number of carbonyl (C=O) groups is 1. The lowest BCUT2D eigenvalue weighted by Gasteiger charge is -2.08. The van der Waals surface area contributed by atoms with Crippen LogP contribution in [0, 0.1) is 6.92 Å². The van der Waals surface area contributed by atoms with Crippen LogP contribution >= 0.6 is 0 Å². The summed E-state index contributed by atoms with van der Waals surface area (Å²) in [6.07, 6.45) is 5.13. The molecule has 0 aliphatic rings. The molecule has 1 amide bonds. The normalized spacial score (nSPS) is 10.8. The van der Waals surface area contributed by atoms with Gasteiger partial charge in [0, 0.05) is 35.2 Å². The van der Waals surface area contributed by atoms with Crippen LogP contribution in [0.4, 0.5) is 5.95 Å². The molecule has 1 aromatic carbocycles. The molecule has 2 N–H and O–H groups in total. The van der Waals surface area contributed by atoms with Crippen LogP contribution in [0.25, 0.3) is 22.2 Å². The average Bonchev–Trinajstić information content (AvgIpc) is 3.06. The van der Waals surface area contributed by atoms with E-state index >= 15 is 0 Å². The summed E-state index contributed by atoms with van der Waals surface area (Å²) in [6, 6.07) is 13.2. The molecular weight excluding hydrogens is 314 g/mol. The van der Waals surface area contributed by atoms with Gasteiger partial charge in [0.25, 0.3) is 5.91 Å². The van der Waals surface area contributed by atoms with Crippen LogP contribution in [0.1, 0.15) is 16.1 Å². The lowest BCUT2D eigenvalue weighted by Crippen LogP contribution is -2.14. The van der Waals surface area contributed by atoms with E-state index in [0.717, 1.165) is 22.3 Å². The maximum atomic E-state index is 12.7. The fourth-order valence-corrected chi connectivity index (χ4v) is 2.66. The number of H-pyrrole nitrogens is 1. The molecule has 0 aliphatic heterocycles. The summed E-state index contributed by atoms with van der Waals surface area (Å²) in [5.74, 6) is 0.165. The molecule has 4 aromatic rings. The molecule has 0 spiro atoms. The van der Waals surface area contributed by atoms with Gasteiger partial charge in [-0.3, -0.25) is 15.1 Å². The number of aromatic nitrogens is 4. The van der Waals surface area contributed by atoms with Crippen molar-refractivity contribution in [3.63, 3.8) is 0 Å². The third-order valence-corrected chi connectivity index (χ3v) is 3.86. The third kappa shape index (κ3) is 2.97. The Morgan fingerprint density at radius 3 is 2.76 bits per heavy atom. The molecular formula is C19H15N5O. The van der Waals surface area contributed by atoms with E-state index in [-0.39, 0.29) is 5.91 Å². The molecule has 4 rings (SSSR count). The van der Waals surface area contributed by atoms with E-state index in [0.29, 0.717) is 17.0 Å². The average molecular weight is 329 g/mol. The van der Waals surface area contributed by atoms with E-state index < -0.39 is 0 Å². The number of carbonyl (C=O) groups excluding carboxylic acids is 1. The smallest absolute Gasteiger partial charge is 0.260 e. The predicted molar refractivity (Wildman–Crippen MR) is 96.3 cm³/mol. The number of pyridine rings is 2. The highest BCUT2D eigenvalue weighted by Gasteiger charge is 2.13. The Balaban J connectivity index is 1.76. The van der Waals surface area contributed by atoms with Crippen molar-refractivity contribution >= 4 is 22.8 Å². The highest BCUT2D eigenvalue weighted by Crippen LogP contribution is 2.23. The fraction of sp³-hybridized carbons (Fsp3) is 0.0526. The number of nitrogens with one attached hydrogen (secondary N) is 2. The van der Waals surface area contributed by atoms with Crippen molar-refractivity contribution in [3.05, 3.63) is 72.3 Å². The minimum absolute atomic E-state index is 0.254. The molecule has 0 saturated heterocycles. The van der Waals surface area contributed by atoms with Gasteiger partial charge >= 0.3 is 0 Å². The second kappa shape index (κ2) is 6.16. The molecule has 6 nitrogen and oxygen atoms in total. The maximum absolute atomic E-state index is 12.7. The second-order valence-electron chi connectivity index (χ2n) is 5.68. The standard InChI is InChI=1S/C19H15N5O/c1-12-10-21-19(22-12)24-18(25)15-6-2-4-13-7-8-16(23-17(13)15)14-5-3-9-20-11-14/h2-11H,1H3,(H2,21,22,24,25). The number of hydrogen-bond acceptors (Lipinski definition) is 4. The van der Waals surface area contributed by atoms with Crippen molar-refractivity contribution in [2.45, 2.75) is 6.92 Å². The number of aromatic amines is 1. The minimum Gasteiger partial charge on any atom is -0.328 e. The summed E-state index contributed by atoms with van der Waals surface area (Å²) in [4.78, 5) is 28.6. The Hall–Kier alpha value is -3.54. The quantitative estimate of drug-likeness (QED) is 0.602. The molecule has 3 aromatic heterocycles. The number of benzene rings is 1. The van der Waals surface area contributed by atoms with E-state index in [2.05, 4.69) is 25.3 Å². The zero-order valence-corrected chi connectivity index (χ0v) is 13.5. The maximum Gasteiger partial charge on any atom is 0.260 e. The molecule has 0 atom stereocenters. The van der Waals surface area contributed by atoms with Crippen LogP contribution in [0.2, 0.25) is 0 Å². The molecule has 0 radical (unpaired) electrons. The fourth-order valence-electron chi connectivity index (χ4n) is 2.66. The lowest BCUT2D eigenvalue weighted by molar-refractivity contribution is 0.102. The topological polar surface area (TPSA) is 83.6 Å². The minimum atomic E-state index is -0.254. The van der Waals surface area contributed by atoms with Crippen molar-refractivity contribution < 1.29 is 4.79 Å². The number of aryl methyl sites for hydroxylation is 1. The van der Waals surface area contributed by atoms with Gasteiger partial charge in [-0.25, -0.2) is 9.97 Å². The summed E-state index contributed by atoms with van der Waals surface area (Å²) < 4.78 is 0. The SMILES string of the molecule is Cc1cnc(NC(=O)c2cccc3ccc(-c4cccnc4)nc23)[nH]1. The number of hydrogen-bond donors (Lipinski definition) is 2. The predicted octanol–water partition coefficient (Wildman–Crippen LogP) is 3.58. The summed E-state index contributed by atoms with van der Waals surface area (Å²) >= 11 is 0. The van der Waals surface area contributed by atoms with Gasteiger partial charge in [0.05, 0.1) is 16.8 Å². The summed E-state index contributed by atoms with van der Waals surface area (Å²) in [7, 11) is 0. The number of imidazole rings is 1. The number of anilines is 1. The van der Waals surface area contributed by atoms with Crippen molar-refractivity contribution in [2.75, 3.05) is 5.32 Å². The lowest BCUT2D eigenvalue weighted by atomic mass is 10.1. The van der Waals surface area contributed by atoms with Crippen molar-refractivity contribution in [1.82, 2.24) is 19.9 Å². The van der Waals surface area contributed by atoms with Crippen LogP contribution in [0.15, 0.2) is 61.1 Å². The van der Waals surface area contributed by atoms with E-state index in [9.17, 15) is 4.79 Å². The first-order valence-corrected chi connectivity index (χ1v) is 7.84. The highest BCUT2D eigenvalue weighted by molar-refractivity contribution is 6.11. The molecule has 0 saturated carbocycles. The van der Waals surface area contributed by atoms with Crippen molar-refractivity contribution in [2.24, 2.45) is 0 Å². The van der Waals surface area contributed by atoms with Crippen molar-refractivity contribution in [3.8, 4) is 11.3 Å². The van der Waals surface area contributed by atoms with Gasteiger partial charge in [-0.1, -0.05) is 18.2 Å². The Bertz CT molecular complexity index is 1060. The first-order chi connectivity index (χ1) is 12.2. The van der Waals surface area contributed by atoms with Gasteiger partial charge in [0.15, 0.2) is 0 Å². The monoisotopic (exact) mass is 329 g/mol. The Morgan fingerprint density at radius 2 is 2.00 bits per heavy atom. The van der Waals surface area contributed by atoms with Gasteiger partial charge in [-0.15, -0.1) is 0 Å². The van der Waals surface area contributed by atoms with Gasteiger partial charge in [0.1, 0.15) is 0 Å². The van der Waals surface area contributed by atoms with Crippen LogP contribution in [0.5, 0.6) is 0 Å². The van der Waals surface area contributed by atoms with E-state index in [1.165, 1.54) is 0 Å². The summed E-state index contributed by atoms with van der Waals surface area (Å²) in [6.45, 7) is 1.88. The number of nitrogens with zero attached hydrogens (tertiary/aromatic N) is 3. The van der Waals surface area contributed by atoms with Crippen molar-refractivity contribution in [1.29, 1.82) is 0 Å². The largest absolute Gasteiger partial charge is 0.328 e. The zero-order chi connectivity index (χ0) is 17.2. The summed E-state index contributed by atoms with van der Waals surface area (Å²) in [5, 5.41) is 3.67. The molecule has 25 heavy (non-hydrogen) atoms. The van der Waals surface area contributed by atoms with Gasteiger partial charge in [-0.05, 0) is 31.2 Å². The van der Waals surface area contributed by atoms with Crippen LogP contribution in [0.3, 0.4) is 0 Å². The van der Waals surface area contributed by atoms with Crippen LogP contribution < -0.4 is 5.32 Å². The van der Waals surface area contributed by atoms with Gasteiger partial charge in [-0.2, -0.15) is 0 Å². The third-order valence-electron chi connectivity index (χ3n) is 3.86. The molecule has 6 heteroatoms. The molecule has 0 aliphatic carbocycles. The molecule has 0 fully saturated rings. The first kappa shape index (κ1) is 15.0. The van der Waals surface area contributed by atoms with E-state index in [1.807, 2.05) is 43.3 Å². The van der Waals surface area contributed by atoms with Crippen LogP contribution in [-0.2, 0) is 0 Å². The Labute approximate surface area is 144 Å². The second-order valence-corrected chi connectivity index (χ2v) is 5.68. The van der Waals surface area contributed by atoms with Gasteiger partial charge < -0.3 is 4.98 Å². The number of rotatable bonds is 3. The Morgan fingerprint density at radius 1 is 1.08 bits per heavy atom. The molecule has 0 bridgehead atoms. The summed E-state index contributed by atoms with van der Waals surface area (Å²) in [5.41, 5.74) is 3.70. The number of fused-ring (bicyclic) bond motifs is 1. The van der Waals surface area contributed by atoms with E-state index in [1.54, 1.807) is 24.7 Å². The first-order valence-electron chi connectivity index (χ1n) is 7.84. The number of amides is 1. The zero-order valence-electron chi connectivity index (χ0n) is 13.5. The van der Waals surface area contributed by atoms with Gasteiger partial charge in [0.2, 0.25) is 5.95 Å². The number of para-hydroxylation sites is 1. The molecule has 0 unspecified atom stereocenters. The highest BCUT2D eigenvalue weighted by atomic mass is 16.1. The molecule has 3 heterocycles. The molecule has 122 valence electrons. The van der Waals surface area contributed by atoms with Crippen LogP contribution in [-0.4, -0.2) is 25.8 Å².